The van der Waals surface area contributed by atoms with Crippen LogP contribution in [0.15, 0.2) is 36.4 Å². The van der Waals surface area contributed by atoms with Crippen LogP contribution in [0.3, 0.4) is 0 Å². The van der Waals surface area contributed by atoms with E-state index >= 15 is 0 Å². The molecule has 0 aliphatic heterocycles. The Balaban J connectivity index is 1.52. The largest absolute Gasteiger partial charge is 0.507 e. The summed E-state index contributed by atoms with van der Waals surface area (Å²) in [4.78, 5) is 50.4. The molecule has 11 heteroatoms. The van der Waals surface area contributed by atoms with Crippen LogP contribution in [0.4, 0.5) is 11.4 Å². The van der Waals surface area contributed by atoms with Gasteiger partial charge in [-0.05, 0) is 37.1 Å². The number of hydrogen-bond acceptors (Lipinski definition) is 8. The Morgan fingerprint density at radius 2 is 1.17 bits per heavy atom. The van der Waals surface area contributed by atoms with E-state index in [4.69, 9.17) is 15.1 Å². The number of amides is 1. The van der Waals surface area contributed by atoms with E-state index < -0.39 is 29.4 Å². The number of carboxylic acid groups (broad SMARTS) is 2. The number of carbonyl (C=O) groups is 4. The fraction of sp³-hybridized carbons (Fsp3) is 0.333. The smallest absolute Gasteiger partial charge is 0.339 e. The van der Waals surface area contributed by atoms with Crippen LogP contribution in [0.25, 0.3) is 0 Å². The second kappa shape index (κ2) is 13.4. The number of benzene rings is 2. The number of nitrogens with one attached hydrogen (secondary N) is 2. The van der Waals surface area contributed by atoms with Crippen molar-refractivity contribution < 1.29 is 44.4 Å². The van der Waals surface area contributed by atoms with E-state index in [1.165, 1.54) is 30.3 Å². The van der Waals surface area contributed by atoms with Crippen LogP contribution in [0, 0.1) is 0 Å². The molecular formula is C24H28N2O9. The fourth-order valence-corrected chi connectivity index (χ4v) is 3.22. The molecule has 35 heavy (non-hydrogen) atoms. The molecule has 2 aromatic rings. The third kappa shape index (κ3) is 9.24. The van der Waals surface area contributed by atoms with Crippen molar-refractivity contribution in [2.45, 2.75) is 51.4 Å². The van der Waals surface area contributed by atoms with E-state index in [0.29, 0.717) is 24.9 Å². The van der Waals surface area contributed by atoms with Crippen molar-refractivity contribution in [2.24, 2.45) is 0 Å². The summed E-state index contributed by atoms with van der Waals surface area (Å²) in [7, 11) is 0. The van der Waals surface area contributed by atoms with Crippen LogP contribution in [-0.2, 0) is 14.4 Å². The molecule has 0 saturated carbocycles. The van der Waals surface area contributed by atoms with Crippen LogP contribution in [0.1, 0.15) is 72.1 Å². The molecule has 188 valence electrons. The molecule has 0 aromatic heterocycles. The molecule has 0 radical (unpaired) electrons. The summed E-state index contributed by atoms with van der Waals surface area (Å²) in [6.45, 7) is 0. The fourth-order valence-electron chi connectivity index (χ4n) is 3.22. The van der Waals surface area contributed by atoms with Gasteiger partial charge in [-0.25, -0.2) is 19.9 Å². The average Bonchev–Trinajstić information content (AvgIpc) is 2.79. The first-order valence-electron chi connectivity index (χ1n) is 11.1. The number of carbonyl (C=O) groups excluding carboxylic acids is 2. The lowest BCUT2D eigenvalue weighted by molar-refractivity contribution is -0.140. The minimum Gasteiger partial charge on any atom is -0.507 e. The van der Waals surface area contributed by atoms with Gasteiger partial charge < -0.3 is 30.6 Å². The highest BCUT2D eigenvalue weighted by Crippen LogP contribution is 2.23. The molecule has 1 amide bonds. The molecule has 0 fully saturated rings. The standard InChI is InChI=1S/C24H28N2O9/c27-19-13-15(9-11-17(19)23(31)32)25-21(29)7-5-3-1-2-4-6-8-22(30)35-26-16-10-12-18(24(33)34)20(28)14-16/h9-14,26-28H,1-8H2,(H,25,29)(H,31,32)(H,33,34). The van der Waals surface area contributed by atoms with Crippen molar-refractivity contribution in [3.63, 3.8) is 0 Å². The summed E-state index contributed by atoms with van der Waals surface area (Å²) in [6.07, 6.45) is 5.21. The average molecular weight is 488 g/mol. The molecule has 0 heterocycles. The van der Waals surface area contributed by atoms with Crippen molar-refractivity contribution >= 4 is 35.2 Å². The summed E-state index contributed by atoms with van der Waals surface area (Å²) in [5.41, 5.74) is 2.46. The number of phenols is 2. The Kier molecular flexibility index (Phi) is 10.3. The third-order valence-corrected chi connectivity index (χ3v) is 5.06. The van der Waals surface area contributed by atoms with Gasteiger partial charge in [-0.3, -0.25) is 4.79 Å². The van der Waals surface area contributed by atoms with Gasteiger partial charge in [0.2, 0.25) is 5.91 Å². The Morgan fingerprint density at radius 3 is 1.71 bits per heavy atom. The predicted octanol–water partition coefficient (Wildman–Crippen LogP) is 4.12. The first-order valence-corrected chi connectivity index (χ1v) is 11.1. The van der Waals surface area contributed by atoms with Crippen LogP contribution < -0.4 is 10.8 Å². The van der Waals surface area contributed by atoms with Gasteiger partial charge >= 0.3 is 17.9 Å². The molecule has 0 bridgehead atoms. The van der Waals surface area contributed by atoms with E-state index in [9.17, 15) is 29.4 Å². The SMILES string of the molecule is O=C(CCCCCCCCC(=O)ONc1ccc(C(=O)O)c(O)c1)Nc1ccc(C(=O)O)c(O)c1. The van der Waals surface area contributed by atoms with Gasteiger partial charge in [0.25, 0.3) is 0 Å². The van der Waals surface area contributed by atoms with Crippen LogP contribution in [-0.4, -0.2) is 44.2 Å². The van der Waals surface area contributed by atoms with E-state index in [1.807, 2.05) is 0 Å². The van der Waals surface area contributed by atoms with E-state index in [0.717, 1.165) is 31.7 Å². The molecule has 0 saturated heterocycles. The second-order valence-electron chi connectivity index (χ2n) is 7.82. The van der Waals surface area contributed by atoms with Crippen molar-refractivity contribution in [3.8, 4) is 11.5 Å². The van der Waals surface area contributed by atoms with Crippen LogP contribution in [0.5, 0.6) is 11.5 Å². The molecule has 0 aliphatic rings. The van der Waals surface area contributed by atoms with Gasteiger partial charge in [0.1, 0.15) is 22.6 Å². The number of aromatic carboxylic acids is 2. The number of anilines is 2. The number of carboxylic acids is 2. The van der Waals surface area contributed by atoms with Gasteiger partial charge in [-0.15, -0.1) is 0 Å². The predicted molar refractivity (Wildman–Crippen MR) is 125 cm³/mol. The maximum absolute atomic E-state index is 12.0. The molecular weight excluding hydrogens is 460 g/mol. The summed E-state index contributed by atoms with van der Waals surface area (Å²) in [6, 6.07) is 7.55. The quantitative estimate of drug-likeness (QED) is 0.167. The van der Waals surface area contributed by atoms with Gasteiger partial charge in [-0.1, -0.05) is 25.7 Å². The summed E-state index contributed by atoms with van der Waals surface area (Å²) in [5, 5.41) is 39.6. The van der Waals surface area contributed by atoms with E-state index in [1.54, 1.807) is 0 Å². The molecule has 0 atom stereocenters. The summed E-state index contributed by atoms with van der Waals surface area (Å²) >= 11 is 0. The maximum Gasteiger partial charge on any atom is 0.339 e. The topological polar surface area (TPSA) is 182 Å². The van der Waals surface area contributed by atoms with E-state index in [2.05, 4.69) is 10.8 Å². The van der Waals surface area contributed by atoms with Crippen molar-refractivity contribution in [3.05, 3.63) is 47.5 Å². The number of rotatable bonds is 14. The first-order chi connectivity index (χ1) is 16.7. The highest BCUT2D eigenvalue weighted by Gasteiger charge is 2.12. The van der Waals surface area contributed by atoms with Crippen molar-refractivity contribution in [1.82, 2.24) is 0 Å². The molecule has 0 spiro atoms. The Labute approximate surface area is 201 Å². The highest BCUT2D eigenvalue weighted by atomic mass is 16.7. The zero-order valence-electron chi connectivity index (χ0n) is 19.0. The van der Waals surface area contributed by atoms with Crippen LogP contribution in [0.2, 0.25) is 0 Å². The van der Waals surface area contributed by atoms with Gasteiger partial charge in [-0.2, -0.15) is 0 Å². The van der Waals surface area contributed by atoms with Gasteiger partial charge in [0.05, 0.1) is 5.69 Å². The molecule has 0 aliphatic carbocycles. The van der Waals surface area contributed by atoms with Crippen LogP contribution >= 0.6 is 0 Å². The molecule has 11 nitrogen and oxygen atoms in total. The van der Waals surface area contributed by atoms with Crippen molar-refractivity contribution in [2.75, 3.05) is 10.8 Å². The molecule has 2 aromatic carbocycles. The highest BCUT2D eigenvalue weighted by molar-refractivity contribution is 5.94. The summed E-state index contributed by atoms with van der Waals surface area (Å²) in [5.74, 6) is -4.08. The zero-order valence-corrected chi connectivity index (χ0v) is 19.0. The van der Waals surface area contributed by atoms with E-state index in [-0.39, 0.29) is 29.1 Å². The van der Waals surface area contributed by atoms with Gasteiger partial charge in [0, 0.05) is 30.7 Å². The monoisotopic (exact) mass is 488 g/mol. The molecule has 6 N–H and O–H groups in total. The lowest BCUT2D eigenvalue weighted by Gasteiger charge is -2.08. The Morgan fingerprint density at radius 1 is 0.686 bits per heavy atom. The minimum absolute atomic E-state index is 0.197. The number of unbranched alkanes of at least 4 members (excludes halogenated alkanes) is 5. The minimum atomic E-state index is -1.26. The molecule has 2 rings (SSSR count). The second-order valence-corrected chi connectivity index (χ2v) is 7.82. The third-order valence-electron chi connectivity index (χ3n) is 5.06. The number of aromatic hydroxyl groups is 2. The number of hydrogen-bond donors (Lipinski definition) is 6. The zero-order chi connectivity index (χ0) is 25.8. The first kappa shape index (κ1) is 27.0. The normalized spacial score (nSPS) is 10.4. The Bertz CT molecular complexity index is 1070. The molecule has 0 unspecified atom stereocenters. The Hall–Kier alpha value is -4.28. The lowest BCUT2D eigenvalue weighted by atomic mass is 10.1. The lowest BCUT2D eigenvalue weighted by Crippen LogP contribution is -2.11. The van der Waals surface area contributed by atoms with Gasteiger partial charge in [0.15, 0.2) is 0 Å². The van der Waals surface area contributed by atoms with Crippen molar-refractivity contribution in [1.29, 1.82) is 0 Å². The summed E-state index contributed by atoms with van der Waals surface area (Å²) < 4.78 is 0. The maximum atomic E-state index is 12.0.